The molecule has 1 aliphatic rings. The van der Waals surface area contributed by atoms with E-state index in [-0.39, 0.29) is 0 Å². The lowest BCUT2D eigenvalue weighted by atomic mass is 10.0. The summed E-state index contributed by atoms with van der Waals surface area (Å²) in [7, 11) is 0. The van der Waals surface area contributed by atoms with E-state index in [4.69, 9.17) is 4.74 Å². The van der Waals surface area contributed by atoms with Gasteiger partial charge < -0.3 is 10.1 Å². The maximum atomic E-state index is 5.56. The first-order chi connectivity index (χ1) is 7.65. The predicted octanol–water partition coefficient (Wildman–Crippen LogP) is 2.92. The van der Waals surface area contributed by atoms with Crippen molar-refractivity contribution in [2.24, 2.45) is 5.92 Å². The second kappa shape index (κ2) is 7.57. The van der Waals surface area contributed by atoms with Gasteiger partial charge in [-0.25, -0.2) is 0 Å². The van der Waals surface area contributed by atoms with Crippen LogP contribution in [-0.4, -0.2) is 36.3 Å². The fraction of sp³-hybridized carbons (Fsp3) is 1.00. The lowest BCUT2D eigenvalue weighted by Gasteiger charge is -2.34. The van der Waals surface area contributed by atoms with Crippen molar-refractivity contribution in [2.75, 3.05) is 19.0 Å². The van der Waals surface area contributed by atoms with Crippen molar-refractivity contribution < 1.29 is 4.74 Å². The molecule has 2 nitrogen and oxygen atoms in total. The zero-order valence-electron chi connectivity index (χ0n) is 11.2. The quantitative estimate of drug-likeness (QED) is 0.777. The van der Waals surface area contributed by atoms with E-state index in [0.717, 1.165) is 18.5 Å². The van der Waals surface area contributed by atoms with Crippen LogP contribution in [0.5, 0.6) is 0 Å². The Bertz CT molecular complexity index is 187. The standard InChI is InChI=1S/C13H27NOS/c1-5-15-9-13(10(2)3)14-12-7-6-8-16-11(12)4/h10-14H,5-9H2,1-4H3. The van der Waals surface area contributed by atoms with Crippen LogP contribution in [0.4, 0.5) is 0 Å². The third-order valence-electron chi connectivity index (χ3n) is 3.34. The molecule has 0 spiro atoms. The summed E-state index contributed by atoms with van der Waals surface area (Å²) in [6.07, 6.45) is 2.68. The van der Waals surface area contributed by atoms with Crippen LogP contribution < -0.4 is 5.32 Å². The Kier molecular flexibility index (Phi) is 6.78. The minimum atomic E-state index is 0.506. The predicted molar refractivity (Wildman–Crippen MR) is 73.2 cm³/mol. The molecule has 1 rings (SSSR count). The lowest BCUT2D eigenvalue weighted by molar-refractivity contribution is 0.102. The third-order valence-corrected chi connectivity index (χ3v) is 4.72. The Labute approximate surface area is 105 Å². The first-order valence-corrected chi connectivity index (χ1v) is 7.65. The Morgan fingerprint density at radius 1 is 1.44 bits per heavy atom. The van der Waals surface area contributed by atoms with Gasteiger partial charge in [0.1, 0.15) is 0 Å². The molecule has 0 bridgehead atoms. The molecule has 0 aromatic carbocycles. The maximum absolute atomic E-state index is 5.56. The molecule has 1 fully saturated rings. The molecule has 1 N–H and O–H groups in total. The van der Waals surface area contributed by atoms with Gasteiger partial charge in [0.15, 0.2) is 0 Å². The average molecular weight is 245 g/mol. The summed E-state index contributed by atoms with van der Waals surface area (Å²) in [4.78, 5) is 0. The van der Waals surface area contributed by atoms with Crippen molar-refractivity contribution in [3.8, 4) is 0 Å². The maximum Gasteiger partial charge on any atom is 0.0622 e. The first-order valence-electron chi connectivity index (χ1n) is 6.60. The van der Waals surface area contributed by atoms with Crippen LogP contribution >= 0.6 is 11.8 Å². The van der Waals surface area contributed by atoms with Gasteiger partial charge in [-0.05, 0) is 31.4 Å². The first kappa shape index (κ1) is 14.3. The van der Waals surface area contributed by atoms with Crippen molar-refractivity contribution >= 4 is 11.8 Å². The van der Waals surface area contributed by atoms with Crippen LogP contribution in [0.1, 0.15) is 40.5 Å². The molecule has 0 aromatic heterocycles. The number of nitrogens with one attached hydrogen (secondary N) is 1. The molecule has 96 valence electrons. The Morgan fingerprint density at radius 3 is 2.75 bits per heavy atom. The monoisotopic (exact) mass is 245 g/mol. The number of thioether (sulfide) groups is 1. The van der Waals surface area contributed by atoms with E-state index in [9.17, 15) is 0 Å². The molecule has 1 aliphatic heterocycles. The molecule has 16 heavy (non-hydrogen) atoms. The zero-order valence-corrected chi connectivity index (χ0v) is 12.0. The van der Waals surface area contributed by atoms with Crippen molar-refractivity contribution in [1.29, 1.82) is 0 Å². The van der Waals surface area contributed by atoms with Gasteiger partial charge in [-0.15, -0.1) is 0 Å². The topological polar surface area (TPSA) is 21.3 Å². The molecule has 0 radical (unpaired) electrons. The molecular formula is C13H27NOS. The van der Waals surface area contributed by atoms with Gasteiger partial charge in [0.25, 0.3) is 0 Å². The normalized spacial score (nSPS) is 28.3. The number of hydrogen-bond acceptors (Lipinski definition) is 3. The number of hydrogen-bond donors (Lipinski definition) is 1. The van der Waals surface area contributed by atoms with E-state index in [2.05, 4.69) is 44.8 Å². The summed E-state index contributed by atoms with van der Waals surface area (Å²) in [5.41, 5.74) is 0. The molecular weight excluding hydrogens is 218 g/mol. The summed E-state index contributed by atoms with van der Waals surface area (Å²) in [5, 5.41) is 4.54. The molecule has 3 unspecified atom stereocenters. The summed E-state index contributed by atoms with van der Waals surface area (Å²) < 4.78 is 5.56. The van der Waals surface area contributed by atoms with Gasteiger partial charge in [0.05, 0.1) is 6.61 Å². The minimum Gasteiger partial charge on any atom is -0.380 e. The fourth-order valence-corrected chi connectivity index (χ4v) is 3.25. The highest BCUT2D eigenvalue weighted by Crippen LogP contribution is 2.25. The summed E-state index contributed by atoms with van der Waals surface area (Å²) in [6.45, 7) is 10.6. The molecule has 0 aromatic rings. The molecule has 3 heteroatoms. The van der Waals surface area contributed by atoms with Crippen LogP contribution in [0.2, 0.25) is 0 Å². The van der Waals surface area contributed by atoms with Crippen molar-refractivity contribution in [3.05, 3.63) is 0 Å². The highest BCUT2D eigenvalue weighted by molar-refractivity contribution is 7.99. The molecule has 0 aliphatic carbocycles. The Morgan fingerprint density at radius 2 is 2.19 bits per heavy atom. The second-order valence-electron chi connectivity index (χ2n) is 5.00. The van der Waals surface area contributed by atoms with Gasteiger partial charge in [0, 0.05) is 23.9 Å². The highest BCUT2D eigenvalue weighted by atomic mass is 32.2. The van der Waals surface area contributed by atoms with E-state index in [1.54, 1.807) is 0 Å². The van der Waals surface area contributed by atoms with Crippen LogP contribution in [0.3, 0.4) is 0 Å². The lowest BCUT2D eigenvalue weighted by Crippen LogP contribution is -2.49. The van der Waals surface area contributed by atoms with E-state index in [0.29, 0.717) is 18.0 Å². The van der Waals surface area contributed by atoms with Crippen LogP contribution in [-0.2, 0) is 4.74 Å². The fourth-order valence-electron chi connectivity index (χ4n) is 2.09. The number of rotatable bonds is 6. The average Bonchev–Trinajstić information content (AvgIpc) is 2.26. The van der Waals surface area contributed by atoms with Gasteiger partial charge in [0.2, 0.25) is 0 Å². The van der Waals surface area contributed by atoms with Crippen LogP contribution in [0, 0.1) is 5.92 Å². The third kappa shape index (κ3) is 4.64. The van der Waals surface area contributed by atoms with Gasteiger partial charge in [-0.3, -0.25) is 0 Å². The van der Waals surface area contributed by atoms with E-state index < -0.39 is 0 Å². The van der Waals surface area contributed by atoms with Gasteiger partial charge in [-0.2, -0.15) is 11.8 Å². The Hall–Kier alpha value is 0.270. The summed E-state index contributed by atoms with van der Waals surface area (Å²) in [5.74, 6) is 1.97. The van der Waals surface area contributed by atoms with Gasteiger partial charge in [-0.1, -0.05) is 20.8 Å². The highest BCUT2D eigenvalue weighted by Gasteiger charge is 2.25. The molecule has 1 saturated heterocycles. The number of ether oxygens (including phenoxy) is 1. The van der Waals surface area contributed by atoms with Crippen molar-refractivity contribution in [3.63, 3.8) is 0 Å². The zero-order chi connectivity index (χ0) is 12.0. The molecule has 0 amide bonds. The van der Waals surface area contributed by atoms with E-state index in [1.165, 1.54) is 18.6 Å². The largest absolute Gasteiger partial charge is 0.380 e. The Balaban J connectivity index is 2.39. The SMILES string of the molecule is CCOCC(NC1CCCSC1C)C(C)C. The molecule has 0 saturated carbocycles. The summed E-state index contributed by atoms with van der Waals surface area (Å²) in [6, 6.07) is 1.18. The smallest absolute Gasteiger partial charge is 0.0622 e. The molecule has 3 atom stereocenters. The summed E-state index contributed by atoms with van der Waals surface area (Å²) >= 11 is 2.10. The van der Waals surface area contributed by atoms with Crippen LogP contribution in [0.25, 0.3) is 0 Å². The van der Waals surface area contributed by atoms with Crippen LogP contribution in [0.15, 0.2) is 0 Å². The second-order valence-corrected chi connectivity index (χ2v) is 6.49. The van der Waals surface area contributed by atoms with E-state index in [1.807, 2.05) is 0 Å². The van der Waals surface area contributed by atoms with Crippen molar-refractivity contribution in [2.45, 2.75) is 57.9 Å². The van der Waals surface area contributed by atoms with E-state index >= 15 is 0 Å². The van der Waals surface area contributed by atoms with Gasteiger partial charge >= 0.3 is 0 Å². The minimum absolute atomic E-state index is 0.506. The molecule has 1 heterocycles. The van der Waals surface area contributed by atoms with Crippen molar-refractivity contribution in [1.82, 2.24) is 5.32 Å².